The van der Waals surface area contributed by atoms with Gasteiger partial charge in [0.05, 0.1) is 10.8 Å². The lowest BCUT2D eigenvalue weighted by Crippen LogP contribution is -3.00. The number of aromatic nitrogens is 1. The molecule has 0 radical (unpaired) electrons. The summed E-state index contributed by atoms with van der Waals surface area (Å²) in [6, 6.07) is 22.5. The summed E-state index contributed by atoms with van der Waals surface area (Å²) in [5, 5.41) is 3.56. The summed E-state index contributed by atoms with van der Waals surface area (Å²) >= 11 is 0. The zero-order chi connectivity index (χ0) is 16.0. The Morgan fingerprint density at radius 2 is 1.38 bits per heavy atom. The van der Waals surface area contributed by atoms with E-state index in [-0.39, 0.29) is 12.4 Å². The first kappa shape index (κ1) is 16.1. The second-order valence-electron chi connectivity index (χ2n) is 5.85. The maximum atomic E-state index is 6.04. The Bertz CT molecular complexity index is 1040. The van der Waals surface area contributed by atoms with Crippen LogP contribution in [0.15, 0.2) is 66.7 Å². The lowest BCUT2D eigenvalue weighted by Gasteiger charge is -2.10. The van der Waals surface area contributed by atoms with Crippen LogP contribution in [0.1, 0.15) is 0 Å². The van der Waals surface area contributed by atoms with Gasteiger partial charge in [-0.3, -0.25) is 0 Å². The maximum Gasteiger partial charge on any atom is 0.220 e. The fraction of sp³-hybridized carbons (Fsp3) is 0.0500. The number of nitrogens with two attached hydrogens (primary N) is 2. The van der Waals surface area contributed by atoms with E-state index < -0.39 is 0 Å². The van der Waals surface area contributed by atoms with Crippen molar-refractivity contribution >= 4 is 33.1 Å². The Morgan fingerprint density at radius 1 is 0.708 bits per heavy atom. The third-order valence-electron chi connectivity index (χ3n) is 4.37. The molecular formula is C20H18ClN3. The maximum absolute atomic E-state index is 6.04. The molecule has 120 valence electrons. The number of para-hydroxylation sites is 1. The quantitative estimate of drug-likeness (QED) is 0.305. The molecular weight excluding hydrogens is 318 g/mol. The van der Waals surface area contributed by atoms with Gasteiger partial charge < -0.3 is 23.9 Å². The van der Waals surface area contributed by atoms with Crippen molar-refractivity contribution in [1.29, 1.82) is 0 Å². The van der Waals surface area contributed by atoms with Gasteiger partial charge in [0.15, 0.2) is 0 Å². The third-order valence-corrected chi connectivity index (χ3v) is 4.37. The second kappa shape index (κ2) is 6.02. The standard InChI is InChI=1S/C20H17N3.ClH/c1-23-19-5-3-2-4-16(19)18-12-15(22)10-11-17(18)20(23)13-6-8-14(21)9-7-13;/h2-12H,1H3,(H3,21,22);1H. The molecule has 4 heteroatoms. The first-order valence-corrected chi connectivity index (χ1v) is 7.61. The number of halogens is 1. The highest BCUT2D eigenvalue weighted by Crippen LogP contribution is 2.32. The summed E-state index contributed by atoms with van der Waals surface area (Å²) in [6.45, 7) is 0. The molecule has 1 heterocycles. The summed E-state index contributed by atoms with van der Waals surface area (Å²) in [7, 11) is 2.10. The van der Waals surface area contributed by atoms with Crippen LogP contribution >= 0.6 is 0 Å². The third kappa shape index (κ3) is 2.43. The molecule has 0 aliphatic heterocycles. The number of pyridine rings is 1. The van der Waals surface area contributed by atoms with Crippen LogP contribution in [-0.4, -0.2) is 0 Å². The average Bonchev–Trinajstić information content (AvgIpc) is 2.57. The molecule has 24 heavy (non-hydrogen) atoms. The molecule has 0 spiro atoms. The predicted molar refractivity (Wildman–Crippen MR) is 96.9 cm³/mol. The molecule has 0 aliphatic carbocycles. The highest BCUT2D eigenvalue weighted by atomic mass is 35.5. The van der Waals surface area contributed by atoms with Crippen LogP contribution in [-0.2, 0) is 7.05 Å². The van der Waals surface area contributed by atoms with Crippen molar-refractivity contribution in [3.05, 3.63) is 66.7 Å². The van der Waals surface area contributed by atoms with Crippen LogP contribution in [0.3, 0.4) is 0 Å². The summed E-state index contributed by atoms with van der Waals surface area (Å²) < 4.78 is 2.24. The SMILES string of the molecule is C[n+]1c(-c2ccc(N)cc2)c2ccc(N)cc2c2ccccc21.[Cl-]. The van der Waals surface area contributed by atoms with E-state index in [1.165, 1.54) is 27.4 Å². The zero-order valence-corrected chi connectivity index (χ0v) is 14.1. The number of rotatable bonds is 1. The van der Waals surface area contributed by atoms with Gasteiger partial charge in [-0.15, -0.1) is 0 Å². The molecule has 0 bridgehead atoms. The van der Waals surface area contributed by atoms with Gasteiger partial charge in [0, 0.05) is 28.4 Å². The fourth-order valence-corrected chi connectivity index (χ4v) is 3.28. The lowest BCUT2D eigenvalue weighted by molar-refractivity contribution is -0.632. The highest BCUT2D eigenvalue weighted by molar-refractivity contribution is 6.09. The smallest absolute Gasteiger partial charge is 0.220 e. The molecule has 0 amide bonds. The van der Waals surface area contributed by atoms with E-state index in [9.17, 15) is 0 Å². The molecule has 0 aliphatic rings. The molecule has 0 fully saturated rings. The number of anilines is 2. The van der Waals surface area contributed by atoms with Crippen LogP contribution in [0, 0.1) is 0 Å². The summed E-state index contributed by atoms with van der Waals surface area (Å²) in [6.07, 6.45) is 0. The van der Waals surface area contributed by atoms with Gasteiger partial charge in [0.25, 0.3) is 0 Å². The number of hydrogen-bond donors (Lipinski definition) is 2. The van der Waals surface area contributed by atoms with Gasteiger partial charge in [-0.2, -0.15) is 4.57 Å². The van der Waals surface area contributed by atoms with E-state index in [1.807, 2.05) is 18.2 Å². The van der Waals surface area contributed by atoms with Crippen molar-refractivity contribution in [2.75, 3.05) is 11.5 Å². The van der Waals surface area contributed by atoms with Crippen molar-refractivity contribution in [2.45, 2.75) is 0 Å². The van der Waals surface area contributed by atoms with E-state index >= 15 is 0 Å². The molecule has 3 nitrogen and oxygen atoms in total. The highest BCUT2D eigenvalue weighted by Gasteiger charge is 2.20. The van der Waals surface area contributed by atoms with Crippen molar-refractivity contribution in [3.63, 3.8) is 0 Å². The van der Waals surface area contributed by atoms with Crippen molar-refractivity contribution in [2.24, 2.45) is 7.05 Å². The van der Waals surface area contributed by atoms with Crippen LogP contribution in [0.5, 0.6) is 0 Å². The normalized spacial score (nSPS) is 10.7. The Labute approximate surface area is 146 Å². The van der Waals surface area contributed by atoms with Gasteiger partial charge in [0.1, 0.15) is 7.05 Å². The van der Waals surface area contributed by atoms with Crippen molar-refractivity contribution in [3.8, 4) is 11.3 Å². The summed E-state index contributed by atoms with van der Waals surface area (Å²) in [4.78, 5) is 0. The van der Waals surface area contributed by atoms with Gasteiger partial charge in [0.2, 0.25) is 11.2 Å². The van der Waals surface area contributed by atoms with Crippen LogP contribution in [0.25, 0.3) is 32.9 Å². The molecule has 1 aromatic heterocycles. The minimum Gasteiger partial charge on any atom is -1.00 e. The second-order valence-corrected chi connectivity index (χ2v) is 5.85. The number of fused-ring (bicyclic) bond motifs is 3. The Balaban J connectivity index is 0.00000169. The summed E-state index contributed by atoms with van der Waals surface area (Å²) in [5.74, 6) is 0. The predicted octanol–water partition coefficient (Wildman–Crippen LogP) is 0.653. The van der Waals surface area contributed by atoms with Crippen molar-refractivity contribution in [1.82, 2.24) is 0 Å². The van der Waals surface area contributed by atoms with Gasteiger partial charge in [-0.1, -0.05) is 12.1 Å². The molecule has 4 N–H and O–H groups in total. The van der Waals surface area contributed by atoms with Crippen molar-refractivity contribution < 1.29 is 17.0 Å². The Morgan fingerprint density at radius 3 is 2.12 bits per heavy atom. The average molecular weight is 336 g/mol. The Kier molecular flexibility index (Phi) is 4.04. The van der Waals surface area contributed by atoms with Crippen LogP contribution < -0.4 is 28.4 Å². The van der Waals surface area contributed by atoms with E-state index in [0.29, 0.717) is 0 Å². The first-order chi connectivity index (χ1) is 11.1. The number of hydrogen-bond acceptors (Lipinski definition) is 2. The molecule has 0 saturated carbocycles. The monoisotopic (exact) mass is 335 g/mol. The fourth-order valence-electron chi connectivity index (χ4n) is 3.28. The van der Waals surface area contributed by atoms with Gasteiger partial charge in [-0.05, 0) is 48.5 Å². The molecule has 0 atom stereocenters. The minimum absolute atomic E-state index is 0. The van der Waals surface area contributed by atoms with Gasteiger partial charge in [-0.25, -0.2) is 0 Å². The topological polar surface area (TPSA) is 55.9 Å². The van der Waals surface area contributed by atoms with E-state index in [1.54, 1.807) is 0 Å². The van der Waals surface area contributed by atoms with Crippen LogP contribution in [0.4, 0.5) is 11.4 Å². The molecule has 4 rings (SSSR count). The van der Waals surface area contributed by atoms with Crippen LogP contribution in [0.2, 0.25) is 0 Å². The van der Waals surface area contributed by atoms with E-state index in [2.05, 4.69) is 60.1 Å². The largest absolute Gasteiger partial charge is 1.00 e. The number of nitrogen functional groups attached to an aromatic ring is 2. The van der Waals surface area contributed by atoms with Gasteiger partial charge >= 0.3 is 0 Å². The molecule has 4 aromatic rings. The van der Waals surface area contributed by atoms with E-state index in [4.69, 9.17) is 11.5 Å². The Hall–Kier alpha value is -2.78. The minimum atomic E-state index is 0. The van der Waals surface area contributed by atoms with E-state index in [0.717, 1.165) is 16.9 Å². The lowest BCUT2D eigenvalue weighted by atomic mass is 9.98. The molecule has 3 aromatic carbocycles. The zero-order valence-electron chi connectivity index (χ0n) is 13.3. The number of aryl methyl sites for hydroxylation is 1. The molecule has 0 unspecified atom stereocenters. The summed E-state index contributed by atoms with van der Waals surface area (Å²) in [5.41, 5.74) is 16.9. The number of benzene rings is 3. The number of nitrogens with zero attached hydrogens (tertiary/aromatic N) is 1. The molecule has 0 saturated heterocycles. The first-order valence-electron chi connectivity index (χ1n) is 7.61.